The number of aromatic nitrogens is 5. The van der Waals surface area contributed by atoms with E-state index in [2.05, 4.69) is 78.7 Å². The zero-order valence-corrected chi connectivity index (χ0v) is 64.0. The highest BCUT2D eigenvalue weighted by molar-refractivity contribution is 7.89. The Hall–Kier alpha value is -9.50. The highest BCUT2D eigenvalue weighted by Gasteiger charge is 2.56. The Balaban J connectivity index is 0.614. The van der Waals surface area contributed by atoms with Crippen LogP contribution in [0.2, 0.25) is 28.2 Å². The summed E-state index contributed by atoms with van der Waals surface area (Å²) >= 11 is 19.0. The summed E-state index contributed by atoms with van der Waals surface area (Å²) < 4.78 is 54.6. The Kier molecular flexibility index (Phi) is 25.1. The molecular weight excluding hydrogens is 1440 g/mol. The van der Waals surface area contributed by atoms with Crippen LogP contribution in [0, 0.1) is 18.3 Å². The number of halogens is 3. The molecule has 2 aromatic heterocycles. The normalized spacial score (nSPS) is 13.2. The number of amides is 5. The number of benzene rings is 6. The average Bonchev–Trinajstić information content (AvgIpc) is 0.762. The fourth-order valence-corrected chi connectivity index (χ4v) is 18.1. The molecule has 2 aliphatic rings. The summed E-state index contributed by atoms with van der Waals surface area (Å²) in [7, 11) is 1.10. The maximum Gasteiger partial charge on any atom is 0.340 e. The summed E-state index contributed by atoms with van der Waals surface area (Å²) in [5.41, 5.74) is 5.68. The number of anilines is 2. The molecule has 0 saturated heterocycles. The van der Waals surface area contributed by atoms with Crippen LogP contribution in [0.25, 0.3) is 16.9 Å². The summed E-state index contributed by atoms with van der Waals surface area (Å²) in [6, 6.07) is 36.4. The number of ether oxygens (including phenoxy) is 4. The van der Waals surface area contributed by atoms with E-state index in [4.69, 9.17) is 58.8 Å². The number of fused-ring (bicyclic) bond motifs is 6. The van der Waals surface area contributed by atoms with Gasteiger partial charge in [0.2, 0.25) is 11.8 Å². The smallest absolute Gasteiger partial charge is 0.340 e. The number of nitrogens with one attached hydrogen (secondary N) is 4. The molecule has 0 bridgehead atoms. The summed E-state index contributed by atoms with van der Waals surface area (Å²) in [5.74, 6) is -3.08. The van der Waals surface area contributed by atoms with Crippen LogP contribution >= 0.6 is 34.8 Å². The molecule has 8 aromatic rings. The first-order valence-corrected chi connectivity index (χ1v) is 39.9. The van der Waals surface area contributed by atoms with E-state index >= 15 is 0 Å². The number of esters is 1. The lowest BCUT2D eigenvalue weighted by atomic mass is 9.78. The van der Waals surface area contributed by atoms with Gasteiger partial charge >= 0.3 is 5.97 Å². The summed E-state index contributed by atoms with van der Waals surface area (Å²) in [6.07, 6.45) is 2.69. The molecule has 0 aliphatic carbocycles. The molecule has 105 heavy (non-hydrogen) atoms. The van der Waals surface area contributed by atoms with Gasteiger partial charge in [0.1, 0.15) is 25.9 Å². The minimum atomic E-state index is -4.48. The minimum Gasteiger partial charge on any atom is -0.441 e. The molecule has 25 nitrogen and oxygen atoms in total. The fraction of sp³-hybridized carbons (Fsp3) is 0.360. The summed E-state index contributed by atoms with van der Waals surface area (Å²) in [4.78, 5) is 85.9. The van der Waals surface area contributed by atoms with Crippen molar-refractivity contribution >= 4 is 110 Å². The second kappa shape index (κ2) is 33.7. The van der Waals surface area contributed by atoms with Crippen molar-refractivity contribution in [3.05, 3.63) is 193 Å². The van der Waals surface area contributed by atoms with Gasteiger partial charge in [-0.05, 0) is 140 Å². The van der Waals surface area contributed by atoms with Gasteiger partial charge in [-0.2, -0.15) is 10.4 Å². The number of rotatable bonds is 33. The number of nitriles is 1. The third kappa shape index (κ3) is 16.9. The van der Waals surface area contributed by atoms with E-state index in [9.17, 15) is 42.4 Å². The first-order chi connectivity index (χ1) is 50.2. The first-order valence-electron chi connectivity index (χ1n) is 34.3. The highest BCUT2D eigenvalue weighted by Crippen LogP contribution is 2.50. The van der Waals surface area contributed by atoms with E-state index in [-0.39, 0.29) is 94.2 Å². The lowest BCUT2D eigenvalue weighted by Crippen LogP contribution is -2.63. The van der Waals surface area contributed by atoms with Gasteiger partial charge in [-0.3, -0.25) is 28.7 Å². The molecule has 30 heteroatoms. The predicted molar refractivity (Wildman–Crippen MR) is 403 cm³/mol. The zero-order chi connectivity index (χ0) is 75.5. The van der Waals surface area contributed by atoms with Gasteiger partial charge < -0.3 is 50.0 Å². The van der Waals surface area contributed by atoms with Crippen molar-refractivity contribution in [1.29, 1.82) is 5.26 Å². The topological polar surface area (TPSA) is 304 Å². The Morgan fingerprint density at radius 3 is 1.89 bits per heavy atom. The Bertz CT molecular complexity index is 4670. The van der Waals surface area contributed by atoms with Crippen molar-refractivity contribution in [2.24, 2.45) is 0 Å². The molecule has 1 spiro atoms. The largest absolute Gasteiger partial charge is 0.441 e. The first kappa shape index (κ1) is 78.1. The molecule has 4 heterocycles. The van der Waals surface area contributed by atoms with Crippen LogP contribution in [0.5, 0.6) is 0 Å². The third-order valence-corrected chi connectivity index (χ3v) is 25.0. The molecule has 5 amide bonds. The van der Waals surface area contributed by atoms with Crippen LogP contribution in [0.4, 0.5) is 11.4 Å². The van der Waals surface area contributed by atoms with E-state index in [0.717, 1.165) is 38.4 Å². The Labute approximate surface area is 626 Å². The van der Waals surface area contributed by atoms with Crippen molar-refractivity contribution in [3.63, 3.8) is 0 Å². The summed E-state index contributed by atoms with van der Waals surface area (Å²) in [5, 5.41) is 37.8. The minimum absolute atomic E-state index is 0.0277. The average molecular weight is 1530 g/mol. The van der Waals surface area contributed by atoms with Crippen LogP contribution in [-0.4, -0.2) is 174 Å². The summed E-state index contributed by atoms with van der Waals surface area (Å²) in [6.45, 7) is 11.2. The van der Waals surface area contributed by atoms with E-state index in [1.165, 1.54) is 24.3 Å². The molecule has 0 saturated carbocycles. The van der Waals surface area contributed by atoms with Gasteiger partial charge in [0.05, 0.1) is 85.3 Å². The molecule has 2 aliphatic heterocycles. The van der Waals surface area contributed by atoms with Crippen molar-refractivity contribution in [3.8, 4) is 23.0 Å². The number of carbonyl (C=O) groups excluding carboxylic acids is 6. The Morgan fingerprint density at radius 1 is 0.695 bits per heavy atom. The van der Waals surface area contributed by atoms with Crippen LogP contribution in [-0.2, 0) is 57.3 Å². The monoisotopic (exact) mass is 1520 g/mol. The zero-order valence-electron chi connectivity index (χ0n) is 59.9. The van der Waals surface area contributed by atoms with Crippen molar-refractivity contribution < 1.29 is 56.1 Å². The van der Waals surface area contributed by atoms with Gasteiger partial charge in [-0.15, -0.1) is 5.10 Å². The third-order valence-electron chi connectivity index (χ3n) is 18.9. The highest BCUT2D eigenvalue weighted by atomic mass is 35.5. The maximum absolute atomic E-state index is 14.1. The standard InChI is InChI=1S/C75H84Cl3N13O12SSi/c1-10-74(11-2,83-71(95)67-48(3)68(49-15-20-52(76)21-16-49)91(85-67)63-30-22-53(77)43-62(63)78)73(97)81-33-37-101-39-41-102-40-38-100-36-32-80-69(93)50-17-25-57(26-18-50)104(98,99)90(35-31-79)66(92)14-12-13-34-89-47-54(84-86-89)46-82-70(94)51-19-27-58-61(42-51)75(103-72(58)96)59-28-23-55(87(4)5)44-64(59)105(8,9)65-45-56(88(6)7)24-29-60(65)75/h15-30,42-45,47H,10-14,32-41,46H2,1-9H3,(H,80,93)(H,81,97)(H,82,94)(H,83,95). The van der Waals surface area contributed by atoms with E-state index < -0.39 is 65.4 Å². The molecule has 4 N–H and O–H groups in total. The van der Waals surface area contributed by atoms with Crippen LogP contribution in [0.1, 0.15) is 115 Å². The number of aryl methyl sites for hydroxylation is 1. The second-order valence-electron chi connectivity index (χ2n) is 26.3. The molecular formula is C75H84Cl3N13O12SSi. The van der Waals surface area contributed by atoms with Crippen molar-refractivity contribution in [2.75, 3.05) is 97.3 Å². The fourth-order valence-electron chi connectivity index (χ4n) is 13.0. The molecule has 0 unspecified atom stereocenters. The van der Waals surface area contributed by atoms with Gasteiger partial charge in [-0.1, -0.05) is 91.2 Å². The van der Waals surface area contributed by atoms with Crippen molar-refractivity contribution in [2.45, 2.75) is 95.1 Å². The predicted octanol–water partition coefficient (Wildman–Crippen LogP) is 8.86. The molecule has 6 aromatic carbocycles. The van der Waals surface area contributed by atoms with Gasteiger partial charge in [-0.25, -0.2) is 22.2 Å². The molecule has 10 rings (SSSR count). The molecule has 0 fully saturated rings. The van der Waals surface area contributed by atoms with E-state index in [1.54, 1.807) is 77.1 Å². The lowest BCUT2D eigenvalue weighted by Gasteiger charge is -2.44. The van der Waals surface area contributed by atoms with Crippen LogP contribution in [0.3, 0.4) is 0 Å². The number of hydrogen-bond donors (Lipinski definition) is 4. The maximum atomic E-state index is 14.1. The van der Waals surface area contributed by atoms with Crippen LogP contribution < -0.4 is 41.4 Å². The molecule has 0 radical (unpaired) electrons. The number of carbonyl (C=O) groups is 6. The second-order valence-corrected chi connectivity index (χ2v) is 33.8. The number of hydrogen-bond acceptors (Lipinski definition) is 18. The van der Waals surface area contributed by atoms with E-state index in [0.29, 0.717) is 84.5 Å². The van der Waals surface area contributed by atoms with Gasteiger partial charge in [0.15, 0.2) is 11.3 Å². The number of unbranched alkanes of at least 4 members (excludes halogenated alkanes) is 1. The molecule has 0 atom stereocenters. The van der Waals surface area contributed by atoms with Crippen LogP contribution in [0.15, 0.2) is 132 Å². The quantitative estimate of drug-likeness (QED) is 0.0129. The Morgan fingerprint density at radius 2 is 1.29 bits per heavy atom. The molecule has 552 valence electrons. The van der Waals surface area contributed by atoms with Gasteiger partial charge in [0, 0.05) is 115 Å². The number of nitrogens with zero attached hydrogens (tertiary/aromatic N) is 9. The SMILES string of the molecule is CCC(CC)(NC(=O)c1nn(-c2ccc(Cl)cc2Cl)c(-c2ccc(Cl)cc2)c1C)C(=O)NCCOCCOCCOCCNC(=O)c1ccc(S(=O)(=O)N(CC#N)C(=O)CCCCn2cc(CNC(=O)c3ccc4c(c3)C3(OC4=O)c4ccc(N(C)C)cc4[Si](C)(C)c4cc(N(C)C)ccc43)nn2)cc1. The van der Waals surface area contributed by atoms with E-state index in [1.807, 2.05) is 66.3 Å². The van der Waals surface area contributed by atoms with Gasteiger partial charge in [0.25, 0.3) is 27.7 Å². The lowest BCUT2D eigenvalue weighted by molar-refractivity contribution is -0.128. The number of sulfonamides is 1. The van der Waals surface area contributed by atoms with Crippen molar-refractivity contribution in [1.82, 2.24) is 50.3 Å².